The number of hydrogen-bond donors (Lipinski definition) is 0. The van der Waals surface area contributed by atoms with Crippen molar-refractivity contribution in [2.75, 3.05) is 6.61 Å². The first-order valence-electron chi connectivity index (χ1n) is 14.2. The van der Waals surface area contributed by atoms with Gasteiger partial charge < -0.3 is 9.30 Å². The minimum Gasteiger partial charge on any atom is -0.494 e. The van der Waals surface area contributed by atoms with Crippen LogP contribution in [0.15, 0.2) is 70.6 Å². The van der Waals surface area contributed by atoms with E-state index in [0.717, 1.165) is 39.4 Å². The topological polar surface area (TPSA) is 61.4 Å². The first-order chi connectivity index (χ1) is 19.6. The van der Waals surface area contributed by atoms with Crippen molar-refractivity contribution >= 4 is 17.1 Å². The molecule has 41 heavy (non-hydrogen) atoms. The maximum Gasteiger partial charge on any atom is 0.282 e. The van der Waals surface area contributed by atoms with Gasteiger partial charge in [0.25, 0.3) is 5.56 Å². The van der Waals surface area contributed by atoms with Crippen molar-refractivity contribution in [3.8, 4) is 22.8 Å². The van der Waals surface area contributed by atoms with Crippen LogP contribution in [0.4, 0.5) is 0 Å². The summed E-state index contributed by atoms with van der Waals surface area (Å²) in [7, 11) is 0. The normalized spacial score (nSPS) is 11.7. The van der Waals surface area contributed by atoms with Crippen LogP contribution in [0.1, 0.15) is 65.9 Å². The lowest BCUT2D eigenvalue weighted by Crippen LogP contribution is -2.21. The molecule has 0 radical (unpaired) electrons. The molecule has 0 amide bonds. The van der Waals surface area contributed by atoms with E-state index in [-0.39, 0.29) is 11.5 Å². The van der Waals surface area contributed by atoms with Crippen molar-refractivity contribution in [3.05, 3.63) is 110 Å². The number of aryl methyl sites for hydroxylation is 4. The fraction of sp³-hybridized carbons (Fsp3) is 0.286. The number of hydrogen-bond acceptors (Lipinski definition) is 4. The molecule has 0 aliphatic carbocycles. The van der Waals surface area contributed by atoms with Crippen LogP contribution >= 0.6 is 0 Å². The maximum absolute atomic E-state index is 13.9. The molecular formula is C35H38N4O2. The fourth-order valence-corrected chi connectivity index (χ4v) is 5.62. The van der Waals surface area contributed by atoms with E-state index >= 15 is 0 Å². The van der Waals surface area contributed by atoms with E-state index in [1.54, 1.807) is 12.3 Å². The van der Waals surface area contributed by atoms with E-state index in [2.05, 4.69) is 76.4 Å². The van der Waals surface area contributed by atoms with Gasteiger partial charge in [-0.25, -0.2) is 4.98 Å². The summed E-state index contributed by atoms with van der Waals surface area (Å²) < 4.78 is 9.67. The van der Waals surface area contributed by atoms with Gasteiger partial charge in [-0.1, -0.05) is 44.2 Å². The van der Waals surface area contributed by atoms with Gasteiger partial charge in [-0.2, -0.15) is 9.78 Å². The van der Waals surface area contributed by atoms with Gasteiger partial charge in [0.05, 0.1) is 29.4 Å². The van der Waals surface area contributed by atoms with Crippen LogP contribution in [-0.4, -0.2) is 27.0 Å². The van der Waals surface area contributed by atoms with Crippen LogP contribution < -0.4 is 10.3 Å². The molecule has 2 heterocycles. The van der Waals surface area contributed by atoms with Crippen molar-refractivity contribution < 1.29 is 4.74 Å². The van der Waals surface area contributed by atoms with Crippen LogP contribution in [0.25, 0.3) is 28.0 Å². The molecular weight excluding hydrogens is 508 g/mol. The van der Waals surface area contributed by atoms with Gasteiger partial charge >= 0.3 is 0 Å². The van der Waals surface area contributed by atoms with Crippen molar-refractivity contribution in [2.45, 2.75) is 61.3 Å². The van der Waals surface area contributed by atoms with Crippen molar-refractivity contribution in [3.63, 3.8) is 0 Å². The lowest BCUT2D eigenvalue weighted by atomic mass is 9.96. The summed E-state index contributed by atoms with van der Waals surface area (Å²) in [5, 5.41) is 5.33. The predicted octanol–water partition coefficient (Wildman–Crippen LogP) is 7.80. The third-order valence-electron chi connectivity index (χ3n) is 7.72. The Morgan fingerprint density at radius 1 is 0.927 bits per heavy atom. The standard InChI is InChI=1S/C35H38N4O2/c1-9-41-32-17-24(6)30(19-29(32)21(2)3)34-37-31-16-11-10-15-28(31)35(40)39(34)36-20-27-18-25(7)38(26(27)8)33-22(4)13-12-14-23(33)5/h10-21H,9H2,1-8H3. The van der Waals surface area contributed by atoms with Crippen LogP contribution in [0.2, 0.25) is 0 Å². The zero-order chi connectivity index (χ0) is 29.4. The summed E-state index contributed by atoms with van der Waals surface area (Å²) in [6.45, 7) is 17.3. The molecule has 210 valence electrons. The minimum absolute atomic E-state index is 0.204. The number of nitrogens with zero attached hydrogens (tertiary/aromatic N) is 4. The maximum atomic E-state index is 13.9. The number of benzene rings is 3. The van der Waals surface area contributed by atoms with E-state index in [1.165, 1.54) is 21.5 Å². The Morgan fingerprint density at radius 3 is 2.32 bits per heavy atom. The number of ether oxygens (including phenoxy) is 1. The summed E-state index contributed by atoms with van der Waals surface area (Å²) in [6.07, 6.45) is 1.78. The highest BCUT2D eigenvalue weighted by Crippen LogP contribution is 2.34. The van der Waals surface area contributed by atoms with Crippen LogP contribution in [0, 0.1) is 34.6 Å². The summed E-state index contributed by atoms with van der Waals surface area (Å²) in [6, 6.07) is 20.0. The van der Waals surface area contributed by atoms with E-state index < -0.39 is 0 Å². The van der Waals surface area contributed by atoms with E-state index in [4.69, 9.17) is 14.8 Å². The average Bonchev–Trinajstić information content (AvgIpc) is 3.20. The molecule has 5 rings (SSSR count). The van der Waals surface area contributed by atoms with E-state index in [0.29, 0.717) is 23.3 Å². The molecule has 6 nitrogen and oxygen atoms in total. The Labute approximate surface area is 242 Å². The second-order valence-electron chi connectivity index (χ2n) is 11.0. The Morgan fingerprint density at radius 2 is 1.63 bits per heavy atom. The van der Waals surface area contributed by atoms with Gasteiger partial charge in [0.2, 0.25) is 0 Å². The average molecular weight is 547 g/mol. The third kappa shape index (κ3) is 5.10. The monoisotopic (exact) mass is 546 g/mol. The molecule has 0 spiro atoms. The highest BCUT2D eigenvalue weighted by molar-refractivity contribution is 5.84. The highest BCUT2D eigenvalue weighted by atomic mass is 16.5. The molecule has 0 fully saturated rings. The smallest absolute Gasteiger partial charge is 0.282 e. The molecule has 2 aromatic heterocycles. The molecule has 0 saturated carbocycles. The predicted molar refractivity (Wildman–Crippen MR) is 169 cm³/mol. The highest BCUT2D eigenvalue weighted by Gasteiger charge is 2.19. The van der Waals surface area contributed by atoms with E-state index in [9.17, 15) is 4.79 Å². The molecule has 6 heteroatoms. The lowest BCUT2D eigenvalue weighted by Gasteiger charge is -2.18. The van der Waals surface area contributed by atoms with Gasteiger partial charge in [-0.05, 0) is 100 Å². The van der Waals surface area contributed by atoms with Gasteiger partial charge in [-0.3, -0.25) is 4.79 Å². The first kappa shape index (κ1) is 28.1. The molecule has 0 N–H and O–H groups in total. The molecule has 0 saturated heterocycles. The summed E-state index contributed by atoms with van der Waals surface area (Å²) >= 11 is 0. The molecule has 0 bridgehead atoms. The molecule has 5 aromatic rings. The SMILES string of the molecule is CCOc1cc(C)c(-c2nc3ccccc3c(=O)n2N=Cc2cc(C)n(-c3c(C)cccc3C)c2C)cc1C(C)C. The van der Waals surface area contributed by atoms with Gasteiger partial charge in [0.1, 0.15) is 5.75 Å². The van der Waals surface area contributed by atoms with Gasteiger partial charge in [-0.15, -0.1) is 0 Å². The molecule has 0 unspecified atom stereocenters. The first-order valence-corrected chi connectivity index (χ1v) is 14.2. The van der Waals surface area contributed by atoms with Gasteiger partial charge in [0.15, 0.2) is 5.82 Å². The Bertz CT molecular complexity index is 1840. The van der Waals surface area contributed by atoms with Crippen molar-refractivity contribution in [1.29, 1.82) is 0 Å². The molecule has 0 aliphatic rings. The molecule has 0 aliphatic heterocycles. The number of para-hydroxylation sites is 2. The minimum atomic E-state index is -0.204. The van der Waals surface area contributed by atoms with Crippen LogP contribution in [0.3, 0.4) is 0 Å². The third-order valence-corrected chi connectivity index (χ3v) is 7.72. The lowest BCUT2D eigenvalue weighted by molar-refractivity contribution is 0.335. The summed E-state index contributed by atoms with van der Waals surface area (Å²) in [4.78, 5) is 18.9. The Hall–Kier alpha value is -4.45. The quantitative estimate of drug-likeness (QED) is 0.196. The van der Waals surface area contributed by atoms with Crippen LogP contribution in [0.5, 0.6) is 5.75 Å². The molecule has 3 aromatic carbocycles. The number of fused-ring (bicyclic) bond motifs is 1. The zero-order valence-corrected chi connectivity index (χ0v) is 25.2. The fourth-order valence-electron chi connectivity index (χ4n) is 5.62. The summed E-state index contributed by atoms with van der Waals surface area (Å²) in [5.74, 6) is 1.60. The zero-order valence-electron chi connectivity index (χ0n) is 25.2. The van der Waals surface area contributed by atoms with Crippen molar-refractivity contribution in [1.82, 2.24) is 14.2 Å². The van der Waals surface area contributed by atoms with E-state index in [1.807, 2.05) is 38.1 Å². The molecule has 0 atom stereocenters. The Kier molecular flexibility index (Phi) is 7.68. The number of rotatable bonds is 7. The van der Waals surface area contributed by atoms with Gasteiger partial charge in [0, 0.05) is 22.5 Å². The second kappa shape index (κ2) is 11.2. The summed E-state index contributed by atoms with van der Waals surface area (Å²) in [5.41, 5.74) is 10.1. The van der Waals surface area contributed by atoms with Crippen LogP contribution in [-0.2, 0) is 0 Å². The second-order valence-corrected chi connectivity index (χ2v) is 11.0. The number of aromatic nitrogens is 3. The Balaban J connectivity index is 1.72. The van der Waals surface area contributed by atoms with Crippen molar-refractivity contribution in [2.24, 2.45) is 5.10 Å². The largest absolute Gasteiger partial charge is 0.494 e.